The van der Waals surface area contributed by atoms with Crippen LogP contribution in [0.5, 0.6) is 0 Å². The number of rotatable bonds is 4. The van der Waals surface area contributed by atoms with E-state index in [9.17, 15) is 0 Å². The normalized spacial score (nSPS) is 19.0. The second-order valence-corrected chi connectivity index (χ2v) is 6.10. The molecule has 0 amide bonds. The highest BCUT2D eigenvalue weighted by atomic mass is 15.1. The van der Waals surface area contributed by atoms with Crippen LogP contribution in [-0.4, -0.2) is 18.0 Å². The monoisotopic (exact) mass is 280 g/mol. The van der Waals surface area contributed by atoms with Crippen molar-refractivity contribution in [3.05, 3.63) is 70.8 Å². The average molecular weight is 280 g/mol. The molecule has 2 aromatic carbocycles. The highest BCUT2D eigenvalue weighted by Crippen LogP contribution is 2.28. The molecule has 0 aliphatic carbocycles. The van der Waals surface area contributed by atoms with Crippen molar-refractivity contribution in [2.75, 3.05) is 13.1 Å². The molecule has 0 saturated carbocycles. The van der Waals surface area contributed by atoms with E-state index in [0.29, 0.717) is 12.5 Å². The molecule has 1 fully saturated rings. The zero-order chi connectivity index (χ0) is 14.7. The molecule has 0 bridgehead atoms. The first-order valence-corrected chi connectivity index (χ1v) is 7.82. The van der Waals surface area contributed by atoms with Gasteiger partial charge in [0.15, 0.2) is 0 Å². The molecule has 1 aliphatic heterocycles. The molecule has 1 aliphatic rings. The maximum Gasteiger partial charge on any atom is 0.0236 e. The van der Waals surface area contributed by atoms with Crippen LogP contribution >= 0.6 is 0 Å². The molecule has 0 spiro atoms. The van der Waals surface area contributed by atoms with Crippen LogP contribution in [0.4, 0.5) is 0 Å². The van der Waals surface area contributed by atoms with E-state index in [1.165, 1.54) is 41.8 Å². The smallest absolute Gasteiger partial charge is 0.0236 e. The minimum atomic E-state index is 0.626. The number of nitrogens with two attached hydrogens (primary N) is 1. The van der Waals surface area contributed by atoms with E-state index in [4.69, 9.17) is 5.73 Å². The van der Waals surface area contributed by atoms with Gasteiger partial charge in [-0.1, -0.05) is 48.5 Å². The quantitative estimate of drug-likeness (QED) is 0.929. The molecule has 2 heteroatoms. The van der Waals surface area contributed by atoms with E-state index in [1.54, 1.807) is 0 Å². The summed E-state index contributed by atoms with van der Waals surface area (Å²) < 4.78 is 0. The molecule has 1 atom stereocenters. The maximum atomic E-state index is 5.70. The standard InChI is InChI=1S/C19H24N2/c1-15-11-16(12-20)7-8-18(15)13-21-10-9-19(14-21)17-5-3-2-4-6-17/h2-8,11,19H,9-10,12-14,20H2,1H3. The Labute approximate surface area is 127 Å². The van der Waals surface area contributed by atoms with Gasteiger partial charge in [0.1, 0.15) is 0 Å². The summed E-state index contributed by atoms with van der Waals surface area (Å²) in [6.45, 7) is 6.24. The van der Waals surface area contributed by atoms with Gasteiger partial charge < -0.3 is 5.73 Å². The van der Waals surface area contributed by atoms with Crippen LogP contribution < -0.4 is 5.73 Å². The van der Waals surface area contributed by atoms with Gasteiger partial charge in [0.25, 0.3) is 0 Å². The number of aryl methyl sites for hydroxylation is 1. The van der Waals surface area contributed by atoms with Gasteiger partial charge >= 0.3 is 0 Å². The summed E-state index contributed by atoms with van der Waals surface area (Å²) >= 11 is 0. The summed E-state index contributed by atoms with van der Waals surface area (Å²) in [4.78, 5) is 2.57. The minimum Gasteiger partial charge on any atom is -0.326 e. The van der Waals surface area contributed by atoms with Crippen molar-refractivity contribution < 1.29 is 0 Å². The SMILES string of the molecule is Cc1cc(CN)ccc1CN1CCC(c2ccccc2)C1. The Morgan fingerprint density at radius 2 is 1.95 bits per heavy atom. The molecular weight excluding hydrogens is 256 g/mol. The molecule has 2 nitrogen and oxygen atoms in total. The number of nitrogens with zero attached hydrogens (tertiary/aromatic N) is 1. The molecular formula is C19H24N2. The molecule has 0 aromatic heterocycles. The fourth-order valence-corrected chi connectivity index (χ4v) is 3.28. The van der Waals surface area contributed by atoms with Gasteiger partial charge in [0.05, 0.1) is 0 Å². The third kappa shape index (κ3) is 3.34. The van der Waals surface area contributed by atoms with Gasteiger partial charge in [-0.05, 0) is 48.1 Å². The molecule has 3 rings (SSSR count). The zero-order valence-electron chi connectivity index (χ0n) is 12.8. The third-order valence-corrected chi connectivity index (χ3v) is 4.58. The second-order valence-electron chi connectivity index (χ2n) is 6.10. The Bertz CT molecular complexity index is 592. The van der Waals surface area contributed by atoms with Gasteiger partial charge in [0, 0.05) is 19.6 Å². The van der Waals surface area contributed by atoms with Gasteiger partial charge in [-0.15, -0.1) is 0 Å². The lowest BCUT2D eigenvalue weighted by atomic mass is 9.99. The van der Waals surface area contributed by atoms with E-state index in [1.807, 2.05) is 0 Å². The third-order valence-electron chi connectivity index (χ3n) is 4.58. The van der Waals surface area contributed by atoms with E-state index >= 15 is 0 Å². The van der Waals surface area contributed by atoms with Crippen LogP contribution in [0.25, 0.3) is 0 Å². The molecule has 1 unspecified atom stereocenters. The largest absolute Gasteiger partial charge is 0.326 e. The second kappa shape index (κ2) is 6.42. The van der Waals surface area contributed by atoms with E-state index in [-0.39, 0.29) is 0 Å². The van der Waals surface area contributed by atoms with Gasteiger partial charge in [0.2, 0.25) is 0 Å². The maximum absolute atomic E-state index is 5.70. The molecule has 1 heterocycles. The van der Waals surface area contributed by atoms with E-state index < -0.39 is 0 Å². The molecule has 2 N–H and O–H groups in total. The van der Waals surface area contributed by atoms with Crippen LogP contribution in [0.3, 0.4) is 0 Å². The van der Waals surface area contributed by atoms with Crippen molar-refractivity contribution in [1.29, 1.82) is 0 Å². The fraction of sp³-hybridized carbons (Fsp3) is 0.368. The van der Waals surface area contributed by atoms with Crippen LogP contribution in [0.1, 0.15) is 34.6 Å². The Kier molecular flexibility index (Phi) is 4.37. The van der Waals surface area contributed by atoms with Crippen molar-refractivity contribution in [2.24, 2.45) is 5.73 Å². The summed E-state index contributed by atoms with van der Waals surface area (Å²) in [6.07, 6.45) is 1.27. The van der Waals surface area contributed by atoms with Crippen LogP contribution in [-0.2, 0) is 13.1 Å². The zero-order valence-corrected chi connectivity index (χ0v) is 12.8. The Hall–Kier alpha value is -1.64. The lowest BCUT2D eigenvalue weighted by Gasteiger charge is -2.18. The summed E-state index contributed by atoms with van der Waals surface area (Å²) in [7, 11) is 0. The van der Waals surface area contributed by atoms with Crippen molar-refractivity contribution in [1.82, 2.24) is 4.90 Å². The number of likely N-dealkylation sites (tertiary alicyclic amines) is 1. The topological polar surface area (TPSA) is 29.3 Å². The lowest BCUT2D eigenvalue weighted by Crippen LogP contribution is -2.20. The van der Waals surface area contributed by atoms with Gasteiger partial charge in [-0.3, -0.25) is 4.90 Å². The highest BCUT2D eigenvalue weighted by Gasteiger charge is 2.23. The highest BCUT2D eigenvalue weighted by molar-refractivity contribution is 5.31. The fourth-order valence-electron chi connectivity index (χ4n) is 3.28. The van der Waals surface area contributed by atoms with Crippen molar-refractivity contribution in [3.8, 4) is 0 Å². The van der Waals surface area contributed by atoms with Crippen LogP contribution in [0, 0.1) is 6.92 Å². The first kappa shape index (κ1) is 14.3. The van der Waals surface area contributed by atoms with Gasteiger partial charge in [-0.25, -0.2) is 0 Å². The number of hydrogen-bond donors (Lipinski definition) is 1. The first-order valence-electron chi connectivity index (χ1n) is 7.82. The Morgan fingerprint density at radius 1 is 1.14 bits per heavy atom. The minimum absolute atomic E-state index is 0.626. The Balaban J connectivity index is 1.65. The Morgan fingerprint density at radius 3 is 2.67 bits per heavy atom. The first-order chi connectivity index (χ1) is 10.3. The van der Waals surface area contributed by atoms with Crippen LogP contribution in [0.2, 0.25) is 0 Å². The van der Waals surface area contributed by atoms with Gasteiger partial charge in [-0.2, -0.15) is 0 Å². The molecule has 2 aromatic rings. The predicted octanol–water partition coefficient (Wildman–Crippen LogP) is 3.44. The van der Waals surface area contributed by atoms with Crippen LogP contribution in [0.15, 0.2) is 48.5 Å². The number of hydrogen-bond acceptors (Lipinski definition) is 2. The lowest BCUT2D eigenvalue weighted by molar-refractivity contribution is 0.326. The van der Waals surface area contributed by atoms with Crippen molar-refractivity contribution >= 4 is 0 Å². The van der Waals surface area contributed by atoms with Crippen molar-refractivity contribution in [2.45, 2.75) is 32.4 Å². The molecule has 110 valence electrons. The summed E-state index contributed by atoms with van der Waals surface area (Å²) in [6, 6.07) is 17.5. The summed E-state index contributed by atoms with van der Waals surface area (Å²) in [5, 5.41) is 0. The average Bonchev–Trinajstić information content (AvgIpc) is 2.99. The summed E-state index contributed by atoms with van der Waals surface area (Å²) in [5.41, 5.74) is 11.2. The van der Waals surface area contributed by atoms with E-state index in [0.717, 1.165) is 6.54 Å². The molecule has 21 heavy (non-hydrogen) atoms. The molecule has 1 saturated heterocycles. The summed E-state index contributed by atoms with van der Waals surface area (Å²) in [5.74, 6) is 0.690. The predicted molar refractivity (Wildman–Crippen MR) is 88.1 cm³/mol. The van der Waals surface area contributed by atoms with E-state index in [2.05, 4.69) is 60.4 Å². The van der Waals surface area contributed by atoms with Crippen molar-refractivity contribution in [3.63, 3.8) is 0 Å². The number of benzene rings is 2. The molecule has 0 radical (unpaired) electrons.